The Balaban J connectivity index is 0.00000124. The van der Waals surface area contributed by atoms with Gasteiger partial charge in [-0.25, -0.2) is 4.79 Å². The topological polar surface area (TPSA) is 157 Å². The number of piperazine rings is 1. The number of nitrogens with zero attached hydrogens (tertiary/aromatic N) is 5. The van der Waals surface area contributed by atoms with Crippen molar-refractivity contribution in [2.45, 2.75) is 56.5 Å². The van der Waals surface area contributed by atoms with Crippen molar-refractivity contribution in [1.29, 1.82) is 0 Å². The summed E-state index contributed by atoms with van der Waals surface area (Å²) in [5, 5.41) is 0. The number of thiol groups is 1. The van der Waals surface area contributed by atoms with Crippen molar-refractivity contribution in [3.63, 3.8) is 0 Å². The van der Waals surface area contributed by atoms with Crippen LogP contribution in [0.25, 0.3) is 5.69 Å². The zero-order valence-corrected chi connectivity index (χ0v) is 25.0. The van der Waals surface area contributed by atoms with Crippen molar-refractivity contribution in [2.75, 3.05) is 44.2 Å². The zero-order valence-electron chi connectivity index (χ0n) is 24.1. The third kappa shape index (κ3) is 7.29. The normalized spacial score (nSPS) is 24.7. The van der Waals surface area contributed by atoms with Crippen LogP contribution in [-0.2, 0) is 16.0 Å². The molecule has 6 N–H and O–H groups in total. The van der Waals surface area contributed by atoms with Crippen LogP contribution in [0.2, 0.25) is 0 Å². The zero-order chi connectivity index (χ0) is 29.7. The summed E-state index contributed by atoms with van der Waals surface area (Å²) in [6.07, 6.45) is 6.60. The van der Waals surface area contributed by atoms with Gasteiger partial charge in [0.1, 0.15) is 10.7 Å². The molecular weight excluding hydrogens is 540 g/mol. The van der Waals surface area contributed by atoms with Crippen LogP contribution in [0, 0.1) is 11.8 Å². The Labute approximate surface area is 247 Å². The summed E-state index contributed by atoms with van der Waals surface area (Å²) < 4.78 is 1.58. The fraction of sp³-hybridized carbons (Fsp3) is 0.586. The lowest BCUT2D eigenvalue weighted by molar-refractivity contribution is -0.133. The molecule has 1 saturated carbocycles. The SMILES string of the molecule is CCC(Cc1ccc(-n2ccc(N3CCN(C(=O)C(C)(N)S)CC3)nc2=O)cc1)N1CC2CCC(N)C2C1.NC=O. The molecule has 0 bridgehead atoms. The smallest absolute Gasteiger partial charge is 0.354 e. The molecule has 0 spiro atoms. The minimum absolute atomic E-state index is 0.190. The van der Waals surface area contributed by atoms with Crippen LogP contribution in [0.15, 0.2) is 41.3 Å². The predicted octanol–water partition coefficient (Wildman–Crippen LogP) is 0.578. The molecule has 3 heterocycles. The van der Waals surface area contributed by atoms with Gasteiger partial charge in [0.25, 0.3) is 5.91 Å². The van der Waals surface area contributed by atoms with Gasteiger partial charge in [-0.15, -0.1) is 12.6 Å². The van der Waals surface area contributed by atoms with Crippen molar-refractivity contribution in [1.82, 2.24) is 19.4 Å². The summed E-state index contributed by atoms with van der Waals surface area (Å²) in [6.45, 7) is 8.37. The van der Waals surface area contributed by atoms with Crippen LogP contribution in [0.3, 0.4) is 0 Å². The number of aromatic nitrogens is 2. The highest BCUT2D eigenvalue weighted by atomic mass is 32.1. The van der Waals surface area contributed by atoms with Crippen molar-refractivity contribution in [2.24, 2.45) is 29.0 Å². The van der Waals surface area contributed by atoms with E-state index in [1.807, 2.05) is 23.1 Å². The molecule has 3 aliphatic rings. The first-order valence-corrected chi connectivity index (χ1v) is 14.9. The van der Waals surface area contributed by atoms with Crippen molar-refractivity contribution < 1.29 is 9.59 Å². The summed E-state index contributed by atoms with van der Waals surface area (Å²) in [5.41, 5.74) is 18.1. The number of fused-ring (bicyclic) bond motifs is 1. The number of carbonyl (C=O) groups is 2. The van der Waals surface area contributed by atoms with E-state index >= 15 is 0 Å². The third-order valence-corrected chi connectivity index (χ3v) is 8.92. The molecule has 2 amide bonds. The fourth-order valence-corrected chi connectivity index (χ4v) is 6.60. The first-order valence-electron chi connectivity index (χ1n) is 14.4. The Kier molecular flexibility index (Phi) is 10.1. The van der Waals surface area contributed by atoms with E-state index in [1.54, 1.807) is 22.6 Å². The molecular formula is C29H44N8O3S. The lowest BCUT2D eigenvalue weighted by Crippen LogP contribution is -2.56. The van der Waals surface area contributed by atoms with Gasteiger partial charge in [-0.05, 0) is 68.2 Å². The van der Waals surface area contributed by atoms with E-state index in [-0.39, 0.29) is 18.0 Å². The van der Waals surface area contributed by atoms with E-state index in [2.05, 4.69) is 47.3 Å². The number of hydrogen-bond donors (Lipinski definition) is 4. The van der Waals surface area contributed by atoms with Gasteiger partial charge in [0.05, 0.1) is 5.69 Å². The molecule has 2 aliphatic heterocycles. The van der Waals surface area contributed by atoms with E-state index in [1.165, 1.54) is 24.9 Å². The molecule has 1 aromatic heterocycles. The number of hydrogen-bond acceptors (Lipinski definition) is 9. The van der Waals surface area contributed by atoms with E-state index < -0.39 is 4.87 Å². The number of benzene rings is 1. The monoisotopic (exact) mass is 584 g/mol. The van der Waals surface area contributed by atoms with Gasteiger partial charge in [0.15, 0.2) is 0 Å². The molecule has 5 unspecified atom stereocenters. The largest absolute Gasteiger partial charge is 0.372 e. The fourth-order valence-electron chi connectivity index (χ4n) is 6.46. The van der Waals surface area contributed by atoms with Crippen molar-refractivity contribution in [3.8, 4) is 5.69 Å². The number of likely N-dealkylation sites (tertiary alicyclic amines) is 1. The van der Waals surface area contributed by atoms with E-state index in [9.17, 15) is 9.59 Å². The summed E-state index contributed by atoms with van der Waals surface area (Å²) in [5.74, 6) is 1.86. The molecule has 12 heteroatoms. The van der Waals surface area contributed by atoms with Crippen LogP contribution >= 0.6 is 12.6 Å². The summed E-state index contributed by atoms with van der Waals surface area (Å²) in [6, 6.07) is 11.0. The van der Waals surface area contributed by atoms with Gasteiger partial charge < -0.3 is 27.0 Å². The predicted molar refractivity (Wildman–Crippen MR) is 164 cm³/mol. The Hall–Kier alpha value is -2.93. The minimum Gasteiger partial charge on any atom is -0.372 e. The summed E-state index contributed by atoms with van der Waals surface area (Å²) in [4.78, 5) is 43.4. The highest BCUT2D eigenvalue weighted by Crippen LogP contribution is 2.38. The molecule has 1 aliphatic carbocycles. The highest BCUT2D eigenvalue weighted by Gasteiger charge is 2.42. The minimum atomic E-state index is -1.19. The molecule has 11 nitrogen and oxygen atoms in total. The second-order valence-corrected chi connectivity index (χ2v) is 12.5. The average molecular weight is 585 g/mol. The highest BCUT2D eigenvalue weighted by molar-refractivity contribution is 7.82. The number of carbonyl (C=O) groups excluding carboxylic acids is 2. The van der Waals surface area contributed by atoms with E-state index in [4.69, 9.17) is 16.3 Å². The maximum absolute atomic E-state index is 12.9. The van der Waals surface area contributed by atoms with Gasteiger partial charge in [-0.2, -0.15) is 4.98 Å². The third-order valence-electron chi connectivity index (χ3n) is 8.73. The molecule has 0 radical (unpaired) electrons. The average Bonchev–Trinajstić information content (AvgIpc) is 3.53. The molecule has 1 aromatic carbocycles. The van der Waals surface area contributed by atoms with Gasteiger partial charge >= 0.3 is 5.69 Å². The number of anilines is 1. The molecule has 41 heavy (non-hydrogen) atoms. The molecule has 5 atom stereocenters. The van der Waals surface area contributed by atoms with Gasteiger partial charge in [0.2, 0.25) is 6.41 Å². The maximum Gasteiger partial charge on any atom is 0.354 e. The first-order chi connectivity index (χ1) is 19.5. The van der Waals surface area contributed by atoms with E-state index in [0.29, 0.717) is 50.0 Å². The van der Waals surface area contributed by atoms with E-state index in [0.717, 1.165) is 31.0 Å². The Bertz CT molecular complexity index is 1240. The number of nitrogens with two attached hydrogens (primary N) is 3. The standard InChI is InChI=1S/C28H41N7O2S.CH3NO/c1-3-21(34-17-20-6-9-24(29)23(20)18-34)16-19-4-7-22(8-5-19)35-11-10-25(31-27(35)37)32-12-14-33(15-13-32)26(36)28(2,30)38;2-1-3/h4-5,7-8,10-11,20-21,23-24,38H,3,6,9,12-18,29-30H2,1-2H3;1H,(H2,2,3). The molecule has 224 valence electrons. The van der Waals surface area contributed by atoms with Gasteiger partial charge in [-0.1, -0.05) is 19.1 Å². The van der Waals surface area contributed by atoms with Crippen molar-refractivity contribution in [3.05, 3.63) is 52.6 Å². The molecule has 2 saturated heterocycles. The van der Waals surface area contributed by atoms with Crippen LogP contribution in [-0.4, -0.2) is 87.9 Å². The molecule has 2 aromatic rings. The second-order valence-electron chi connectivity index (χ2n) is 11.6. The number of rotatable bonds is 7. The van der Waals surface area contributed by atoms with Crippen LogP contribution in [0.4, 0.5) is 5.82 Å². The summed E-state index contributed by atoms with van der Waals surface area (Å²) in [7, 11) is 0. The second kappa shape index (κ2) is 13.4. The molecule has 5 rings (SSSR count). The number of amides is 2. The van der Waals surface area contributed by atoms with Crippen LogP contribution < -0.4 is 27.8 Å². The molecule has 3 fully saturated rings. The van der Waals surface area contributed by atoms with Crippen LogP contribution in [0.5, 0.6) is 0 Å². The van der Waals surface area contributed by atoms with Crippen molar-refractivity contribution >= 4 is 30.8 Å². The summed E-state index contributed by atoms with van der Waals surface area (Å²) >= 11 is 4.18. The lowest BCUT2D eigenvalue weighted by atomic mass is 9.98. The Morgan fingerprint density at radius 3 is 2.37 bits per heavy atom. The Morgan fingerprint density at radius 2 is 1.80 bits per heavy atom. The van der Waals surface area contributed by atoms with Gasteiger partial charge in [0, 0.05) is 57.5 Å². The maximum atomic E-state index is 12.9. The Morgan fingerprint density at radius 1 is 1.15 bits per heavy atom. The quantitative estimate of drug-likeness (QED) is 0.209. The van der Waals surface area contributed by atoms with Crippen LogP contribution in [0.1, 0.15) is 38.7 Å². The lowest BCUT2D eigenvalue weighted by Gasteiger charge is -2.37. The number of primary amides is 1. The van der Waals surface area contributed by atoms with Gasteiger partial charge in [-0.3, -0.25) is 19.1 Å². The first kappa shape index (κ1) is 31.0.